The molecule has 0 aliphatic carbocycles. The average Bonchev–Trinajstić information content (AvgIpc) is 2.57. The van der Waals surface area contributed by atoms with Crippen molar-refractivity contribution in [2.75, 3.05) is 11.9 Å². The molecule has 2 aromatic carbocycles. The van der Waals surface area contributed by atoms with Gasteiger partial charge in [-0.15, -0.1) is 0 Å². The molecule has 4 nitrogen and oxygen atoms in total. The van der Waals surface area contributed by atoms with Crippen LogP contribution in [0.5, 0.6) is 0 Å². The van der Waals surface area contributed by atoms with E-state index in [9.17, 15) is 4.79 Å². The van der Waals surface area contributed by atoms with Crippen LogP contribution in [-0.2, 0) is 4.74 Å². The smallest absolute Gasteiger partial charge is 0.341 e. The van der Waals surface area contributed by atoms with Gasteiger partial charge in [0, 0.05) is 17.3 Å². The van der Waals surface area contributed by atoms with Crippen molar-refractivity contribution in [1.29, 1.82) is 0 Å². The zero-order valence-electron chi connectivity index (χ0n) is 14.1. The zero-order chi connectivity index (χ0) is 17.1. The summed E-state index contributed by atoms with van der Waals surface area (Å²) in [6, 6.07) is 13.9. The van der Waals surface area contributed by atoms with Gasteiger partial charge in [-0.2, -0.15) is 0 Å². The van der Waals surface area contributed by atoms with E-state index < -0.39 is 0 Å². The molecule has 3 aromatic rings. The summed E-state index contributed by atoms with van der Waals surface area (Å²) in [5.74, 6) is -0.372. The highest BCUT2D eigenvalue weighted by molar-refractivity contribution is 6.06. The van der Waals surface area contributed by atoms with Gasteiger partial charge < -0.3 is 10.1 Å². The fourth-order valence-electron chi connectivity index (χ4n) is 2.73. The van der Waals surface area contributed by atoms with Gasteiger partial charge in [0.05, 0.1) is 17.8 Å². The molecule has 0 aliphatic heterocycles. The fraction of sp³-hybridized carbons (Fsp3) is 0.200. The molecule has 4 heteroatoms. The average molecular weight is 320 g/mol. The summed E-state index contributed by atoms with van der Waals surface area (Å²) in [5, 5.41) is 4.30. The van der Waals surface area contributed by atoms with E-state index in [2.05, 4.69) is 23.3 Å². The van der Waals surface area contributed by atoms with Crippen LogP contribution in [0.4, 0.5) is 11.4 Å². The van der Waals surface area contributed by atoms with E-state index in [0.29, 0.717) is 12.2 Å². The minimum absolute atomic E-state index is 0.328. The number of para-hydroxylation sites is 1. The second-order valence-electron chi connectivity index (χ2n) is 5.73. The molecule has 1 aromatic heterocycles. The van der Waals surface area contributed by atoms with E-state index in [1.807, 2.05) is 43.3 Å². The third-order valence-electron chi connectivity index (χ3n) is 3.91. The number of nitrogens with one attached hydrogen (secondary N) is 1. The Labute approximate surface area is 141 Å². The quantitative estimate of drug-likeness (QED) is 0.703. The first kappa shape index (κ1) is 16.0. The van der Waals surface area contributed by atoms with Crippen molar-refractivity contribution in [2.45, 2.75) is 20.8 Å². The molecule has 0 amide bonds. The maximum atomic E-state index is 12.3. The lowest BCUT2D eigenvalue weighted by Crippen LogP contribution is -2.09. The first-order chi connectivity index (χ1) is 11.6. The molecule has 0 bridgehead atoms. The number of aryl methyl sites for hydroxylation is 2. The molecular weight excluding hydrogens is 300 g/mol. The van der Waals surface area contributed by atoms with Crippen LogP contribution in [0, 0.1) is 13.8 Å². The molecule has 0 aliphatic rings. The van der Waals surface area contributed by atoms with Gasteiger partial charge in [0.1, 0.15) is 5.56 Å². The second-order valence-corrected chi connectivity index (χ2v) is 5.73. The van der Waals surface area contributed by atoms with E-state index in [-0.39, 0.29) is 5.97 Å². The second kappa shape index (κ2) is 6.71. The molecule has 0 unspecified atom stereocenters. The number of carbonyl (C=O) groups is 1. The number of aromatic nitrogens is 1. The van der Waals surface area contributed by atoms with E-state index >= 15 is 0 Å². The van der Waals surface area contributed by atoms with Crippen molar-refractivity contribution >= 4 is 28.2 Å². The number of hydrogen-bond acceptors (Lipinski definition) is 4. The van der Waals surface area contributed by atoms with Crippen molar-refractivity contribution in [3.63, 3.8) is 0 Å². The molecule has 0 spiro atoms. The van der Waals surface area contributed by atoms with Gasteiger partial charge in [0.2, 0.25) is 0 Å². The van der Waals surface area contributed by atoms with Crippen LogP contribution in [-0.4, -0.2) is 17.6 Å². The highest BCUT2D eigenvalue weighted by atomic mass is 16.5. The topological polar surface area (TPSA) is 51.2 Å². The first-order valence-corrected chi connectivity index (χ1v) is 7.99. The summed E-state index contributed by atoms with van der Waals surface area (Å²) >= 11 is 0. The minimum atomic E-state index is -0.372. The van der Waals surface area contributed by atoms with Gasteiger partial charge >= 0.3 is 5.97 Å². The van der Waals surface area contributed by atoms with Gasteiger partial charge in [-0.25, -0.2) is 4.79 Å². The third-order valence-corrected chi connectivity index (χ3v) is 3.91. The van der Waals surface area contributed by atoms with Gasteiger partial charge in [-0.1, -0.05) is 35.9 Å². The van der Waals surface area contributed by atoms with Crippen LogP contribution in [0.25, 0.3) is 10.9 Å². The summed E-state index contributed by atoms with van der Waals surface area (Å²) in [6.07, 6.45) is 1.58. The number of benzene rings is 2. The first-order valence-electron chi connectivity index (χ1n) is 7.99. The lowest BCUT2D eigenvalue weighted by Gasteiger charge is -2.16. The number of anilines is 2. The van der Waals surface area contributed by atoms with Crippen molar-refractivity contribution in [3.05, 3.63) is 65.4 Å². The molecule has 0 saturated heterocycles. The van der Waals surface area contributed by atoms with Crippen molar-refractivity contribution in [2.24, 2.45) is 0 Å². The fourth-order valence-corrected chi connectivity index (χ4v) is 2.73. The minimum Gasteiger partial charge on any atom is -0.462 e. The van der Waals surface area contributed by atoms with Crippen LogP contribution in [0.15, 0.2) is 48.7 Å². The Hall–Kier alpha value is -2.88. The van der Waals surface area contributed by atoms with Gasteiger partial charge in [0.25, 0.3) is 0 Å². The normalized spacial score (nSPS) is 10.6. The largest absolute Gasteiger partial charge is 0.462 e. The summed E-state index contributed by atoms with van der Waals surface area (Å²) in [6.45, 7) is 6.23. The van der Waals surface area contributed by atoms with Crippen LogP contribution < -0.4 is 5.32 Å². The lowest BCUT2D eigenvalue weighted by molar-refractivity contribution is 0.0527. The Kier molecular flexibility index (Phi) is 4.47. The Bertz CT molecular complexity index is 903. The summed E-state index contributed by atoms with van der Waals surface area (Å²) in [7, 11) is 0. The number of fused-ring (bicyclic) bond motifs is 1. The molecule has 1 N–H and O–H groups in total. The lowest BCUT2D eigenvalue weighted by atomic mass is 10.1. The highest BCUT2D eigenvalue weighted by Crippen LogP contribution is 2.31. The van der Waals surface area contributed by atoms with Crippen molar-refractivity contribution in [1.82, 2.24) is 4.98 Å². The number of pyridine rings is 1. The number of rotatable bonds is 4. The molecule has 0 atom stereocenters. The monoisotopic (exact) mass is 320 g/mol. The maximum absolute atomic E-state index is 12.3. The molecule has 0 fully saturated rings. The van der Waals surface area contributed by atoms with Crippen LogP contribution in [0.1, 0.15) is 28.4 Å². The summed E-state index contributed by atoms with van der Waals surface area (Å²) < 4.78 is 5.19. The predicted molar refractivity (Wildman–Crippen MR) is 96.9 cm³/mol. The number of hydrogen-bond donors (Lipinski definition) is 1. The molecule has 1 heterocycles. The Morgan fingerprint density at radius 1 is 1.17 bits per heavy atom. The van der Waals surface area contributed by atoms with Gasteiger partial charge in [-0.3, -0.25) is 4.98 Å². The van der Waals surface area contributed by atoms with E-state index in [1.54, 1.807) is 13.1 Å². The van der Waals surface area contributed by atoms with E-state index in [0.717, 1.165) is 27.8 Å². The third kappa shape index (κ3) is 3.08. The standard InChI is InChI=1S/C20H20N2O2/c1-4-24-20(23)16-12-21-18-8-6-5-7-15(18)19(16)22-17-10-9-13(2)11-14(17)3/h5-12H,4H2,1-3H3,(H,21,22). The van der Waals surface area contributed by atoms with Crippen molar-refractivity contribution in [3.8, 4) is 0 Å². The van der Waals surface area contributed by atoms with Gasteiger partial charge in [-0.05, 0) is 38.5 Å². The highest BCUT2D eigenvalue weighted by Gasteiger charge is 2.17. The summed E-state index contributed by atoms with van der Waals surface area (Å²) in [5.41, 5.74) is 5.27. The molecule has 122 valence electrons. The molecule has 3 rings (SSSR count). The summed E-state index contributed by atoms with van der Waals surface area (Å²) in [4.78, 5) is 16.7. The van der Waals surface area contributed by atoms with Crippen LogP contribution in [0.2, 0.25) is 0 Å². The Morgan fingerprint density at radius 2 is 1.96 bits per heavy atom. The van der Waals surface area contributed by atoms with E-state index in [1.165, 1.54) is 5.56 Å². The van der Waals surface area contributed by atoms with Crippen LogP contribution >= 0.6 is 0 Å². The number of nitrogens with zero attached hydrogens (tertiary/aromatic N) is 1. The molecular formula is C20H20N2O2. The SMILES string of the molecule is CCOC(=O)c1cnc2ccccc2c1Nc1ccc(C)cc1C. The van der Waals surface area contributed by atoms with Crippen LogP contribution in [0.3, 0.4) is 0 Å². The number of esters is 1. The van der Waals surface area contributed by atoms with E-state index in [4.69, 9.17) is 4.74 Å². The predicted octanol–water partition coefficient (Wildman–Crippen LogP) is 4.77. The molecule has 0 saturated carbocycles. The molecule has 0 radical (unpaired) electrons. The molecule has 24 heavy (non-hydrogen) atoms. The Balaban J connectivity index is 2.15. The van der Waals surface area contributed by atoms with Gasteiger partial charge in [0.15, 0.2) is 0 Å². The number of ether oxygens (including phenoxy) is 1. The maximum Gasteiger partial charge on any atom is 0.341 e. The Morgan fingerprint density at radius 3 is 2.71 bits per heavy atom. The zero-order valence-corrected chi connectivity index (χ0v) is 14.1. The van der Waals surface area contributed by atoms with Crippen molar-refractivity contribution < 1.29 is 9.53 Å². The number of carbonyl (C=O) groups excluding carboxylic acids is 1.